The van der Waals surface area contributed by atoms with E-state index in [2.05, 4.69) is 31.3 Å². The highest BCUT2D eigenvalue weighted by molar-refractivity contribution is 5.76. The van der Waals surface area contributed by atoms with Gasteiger partial charge in [0.05, 0.1) is 32.0 Å². The van der Waals surface area contributed by atoms with E-state index in [9.17, 15) is 35.1 Å². The van der Waals surface area contributed by atoms with Crippen LogP contribution in [0.4, 0.5) is 0 Å². The lowest BCUT2D eigenvalue weighted by molar-refractivity contribution is -0.302. The number of carbonyl (C=O) groups excluding carboxylic acids is 2. The highest BCUT2D eigenvalue weighted by Gasteiger charge is 2.44. The first-order chi connectivity index (χ1) is 43.2. The number of amides is 1. The minimum absolute atomic E-state index is 0.0185. The summed E-state index contributed by atoms with van der Waals surface area (Å²) in [6.45, 7) is 4.34. The first-order valence-electron chi connectivity index (χ1n) is 38.6. The van der Waals surface area contributed by atoms with Crippen molar-refractivity contribution in [2.75, 3.05) is 19.8 Å². The Morgan fingerprint density at radius 1 is 0.409 bits per heavy atom. The molecule has 0 aliphatic carbocycles. The maximum Gasteiger partial charge on any atom is 0.305 e. The van der Waals surface area contributed by atoms with Crippen molar-refractivity contribution in [2.45, 2.75) is 436 Å². The molecule has 7 unspecified atom stereocenters. The Balaban J connectivity index is 1.86. The lowest BCUT2D eigenvalue weighted by Crippen LogP contribution is -2.60. The molecular formula is C77H147NO10. The zero-order valence-corrected chi connectivity index (χ0v) is 58.0. The summed E-state index contributed by atoms with van der Waals surface area (Å²) in [5, 5.41) is 54.4. The SMILES string of the molecule is CCCCCC/C=C/CC/C=C/C(O)C(COC1OC(CO)C(O)C(O)C1O)NC(=O)CCCCCCCCCCCCCCCCCCCCCCCCCCCCCCCCCCCCCCCCCOC(=O)CCCCCCCCCCCCC. The van der Waals surface area contributed by atoms with Gasteiger partial charge in [0.15, 0.2) is 6.29 Å². The second-order valence-electron chi connectivity index (χ2n) is 27.1. The van der Waals surface area contributed by atoms with Crippen LogP contribution < -0.4 is 5.32 Å². The van der Waals surface area contributed by atoms with E-state index in [1.807, 2.05) is 6.08 Å². The van der Waals surface area contributed by atoms with Crippen molar-refractivity contribution >= 4 is 11.9 Å². The van der Waals surface area contributed by atoms with Crippen molar-refractivity contribution in [1.29, 1.82) is 0 Å². The van der Waals surface area contributed by atoms with Crippen LogP contribution in [-0.4, -0.2) is 100 Å². The zero-order valence-electron chi connectivity index (χ0n) is 58.0. The summed E-state index contributed by atoms with van der Waals surface area (Å²) in [6, 6.07) is -0.821. The van der Waals surface area contributed by atoms with Crippen molar-refractivity contribution in [2.24, 2.45) is 0 Å². The molecule has 1 aliphatic rings. The van der Waals surface area contributed by atoms with Crippen molar-refractivity contribution < 1.29 is 49.3 Å². The van der Waals surface area contributed by atoms with Gasteiger partial charge < -0.3 is 45.1 Å². The molecule has 520 valence electrons. The third kappa shape index (κ3) is 54.7. The second-order valence-corrected chi connectivity index (χ2v) is 27.1. The summed E-state index contributed by atoms with van der Waals surface area (Å²) >= 11 is 0. The Morgan fingerprint density at radius 3 is 1.12 bits per heavy atom. The van der Waals surface area contributed by atoms with E-state index in [1.165, 1.54) is 315 Å². The fourth-order valence-corrected chi connectivity index (χ4v) is 12.5. The summed E-state index contributed by atoms with van der Waals surface area (Å²) in [4.78, 5) is 25.1. The Bertz CT molecular complexity index is 1510. The molecule has 1 fully saturated rings. The highest BCUT2D eigenvalue weighted by atomic mass is 16.7. The van der Waals surface area contributed by atoms with Crippen LogP contribution in [-0.2, 0) is 23.8 Å². The molecule has 1 aliphatic heterocycles. The normalized spacial score (nSPS) is 17.8. The molecule has 7 atom stereocenters. The Kier molecular flexibility index (Phi) is 63.7. The standard InChI is InChI=1S/C77H147NO10/c1-3-5-7-9-11-13-44-49-53-57-61-65-73(82)86-66-62-58-54-50-46-43-41-39-37-35-33-31-29-27-25-23-21-19-17-15-16-18-20-22-24-26-28-30-32-34-36-38-40-42-45-48-52-56-60-64-72(81)78-69(68-87-77-76(85)75(84)74(83)71(67-79)88-77)70(80)63-59-55-51-47-14-12-10-8-6-4-2/h14,47,59,63,69-71,74-77,79-80,83-85H,3-13,15-46,48-58,60-62,64-68H2,1-2H3,(H,78,81)/b47-14+,63-59+. The first kappa shape index (κ1) is 84.2. The monoisotopic (exact) mass is 1250 g/mol. The van der Waals surface area contributed by atoms with Crippen molar-refractivity contribution in [3.63, 3.8) is 0 Å². The molecule has 1 rings (SSSR count). The predicted octanol–water partition coefficient (Wildman–Crippen LogP) is 20.4. The number of aliphatic hydroxyl groups is 5. The second kappa shape index (κ2) is 66.6. The summed E-state index contributed by atoms with van der Waals surface area (Å²) in [5.74, 6) is -0.167. The van der Waals surface area contributed by atoms with Gasteiger partial charge in [0, 0.05) is 12.8 Å². The zero-order chi connectivity index (χ0) is 63.7. The van der Waals surface area contributed by atoms with Gasteiger partial charge in [-0.3, -0.25) is 9.59 Å². The van der Waals surface area contributed by atoms with Gasteiger partial charge in [0.25, 0.3) is 0 Å². The molecule has 0 spiro atoms. The number of allylic oxidation sites excluding steroid dienone is 3. The number of carbonyl (C=O) groups is 2. The summed E-state index contributed by atoms with van der Waals surface area (Å²) < 4.78 is 16.7. The van der Waals surface area contributed by atoms with Gasteiger partial charge in [0.1, 0.15) is 24.4 Å². The first-order valence-corrected chi connectivity index (χ1v) is 38.6. The quantitative estimate of drug-likeness (QED) is 0.0195. The van der Waals surface area contributed by atoms with Crippen LogP contribution in [0, 0.1) is 0 Å². The van der Waals surface area contributed by atoms with E-state index in [0.29, 0.717) is 19.4 Å². The van der Waals surface area contributed by atoms with Crippen molar-refractivity contribution in [1.82, 2.24) is 5.32 Å². The van der Waals surface area contributed by atoms with E-state index in [1.54, 1.807) is 6.08 Å². The van der Waals surface area contributed by atoms with Crippen LogP contribution in [0.15, 0.2) is 24.3 Å². The lowest BCUT2D eigenvalue weighted by Gasteiger charge is -2.40. The van der Waals surface area contributed by atoms with Gasteiger partial charge in [0.2, 0.25) is 5.91 Å². The molecule has 88 heavy (non-hydrogen) atoms. The van der Waals surface area contributed by atoms with Crippen LogP contribution in [0.2, 0.25) is 0 Å². The van der Waals surface area contributed by atoms with Gasteiger partial charge in [-0.05, 0) is 44.9 Å². The van der Waals surface area contributed by atoms with Crippen LogP contribution in [0.5, 0.6) is 0 Å². The molecule has 0 aromatic carbocycles. The molecule has 6 N–H and O–H groups in total. The van der Waals surface area contributed by atoms with Gasteiger partial charge in [-0.25, -0.2) is 0 Å². The van der Waals surface area contributed by atoms with Crippen LogP contribution in [0.1, 0.15) is 393 Å². The Morgan fingerprint density at radius 2 is 0.739 bits per heavy atom. The number of nitrogens with one attached hydrogen (secondary N) is 1. The number of unbranched alkanes of at least 4 members (excludes halogenated alkanes) is 53. The largest absolute Gasteiger partial charge is 0.466 e. The summed E-state index contributed by atoms with van der Waals surface area (Å²) in [5.41, 5.74) is 0. The van der Waals surface area contributed by atoms with E-state index < -0.39 is 49.5 Å². The van der Waals surface area contributed by atoms with Crippen molar-refractivity contribution in [3.8, 4) is 0 Å². The number of aliphatic hydroxyl groups excluding tert-OH is 5. The van der Waals surface area contributed by atoms with E-state index >= 15 is 0 Å². The van der Waals surface area contributed by atoms with Crippen molar-refractivity contribution in [3.05, 3.63) is 24.3 Å². The number of ether oxygens (including phenoxy) is 3. The topological polar surface area (TPSA) is 175 Å². The fraction of sp³-hybridized carbons (Fsp3) is 0.922. The average molecular weight is 1250 g/mol. The summed E-state index contributed by atoms with van der Waals surface area (Å²) in [6.07, 6.45) is 75.2. The van der Waals surface area contributed by atoms with Gasteiger partial charge >= 0.3 is 5.97 Å². The minimum atomic E-state index is -1.57. The third-order valence-electron chi connectivity index (χ3n) is 18.6. The minimum Gasteiger partial charge on any atom is -0.466 e. The number of hydrogen-bond acceptors (Lipinski definition) is 10. The average Bonchev–Trinajstić information content (AvgIpc) is 3.12. The number of esters is 1. The van der Waals surface area contributed by atoms with E-state index in [-0.39, 0.29) is 18.5 Å². The molecule has 11 nitrogen and oxygen atoms in total. The van der Waals surface area contributed by atoms with Gasteiger partial charge in [-0.1, -0.05) is 359 Å². The molecular weight excluding hydrogens is 1100 g/mol. The predicted molar refractivity (Wildman–Crippen MR) is 371 cm³/mol. The van der Waals surface area contributed by atoms with E-state index in [0.717, 1.165) is 51.4 Å². The maximum atomic E-state index is 13.0. The molecule has 0 saturated carbocycles. The molecule has 1 amide bonds. The van der Waals surface area contributed by atoms with Gasteiger partial charge in [-0.2, -0.15) is 0 Å². The van der Waals surface area contributed by atoms with E-state index in [4.69, 9.17) is 14.2 Å². The molecule has 0 aromatic rings. The highest BCUT2D eigenvalue weighted by Crippen LogP contribution is 2.24. The van der Waals surface area contributed by atoms with Crippen LogP contribution >= 0.6 is 0 Å². The molecule has 0 radical (unpaired) electrons. The van der Waals surface area contributed by atoms with Crippen LogP contribution in [0.25, 0.3) is 0 Å². The molecule has 11 heteroatoms. The lowest BCUT2D eigenvalue weighted by atomic mass is 9.99. The fourth-order valence-electron chi connectivity index (χ4n) is 12.5. The van der Waals surface area contributed by atoms with Gasteiger partial charge in [-0.15, -0.1) is 0 Å². The molecule has 0 bridgehead atoms. The maximum absolute atomic E-state index is 13.0. The number of hydrogen-bond donors (Lipinski definition) is 6. The van der Waals surface area contributed by atoms with Crippen LogP contribution in [0.3, 0.4) is 0 Å². The Labute approximate surface area is 543 Å². The number of rotatable bonds is 69. The molecule has 1 saturated heterocycles. The molecule has 1 heterocycles. The summed E-state index contributed by atoms with van der Waals surface area (Å²) in [7, 11) is 0. The Hall–Kier alpha value is -1.86. The third-order valence-corrected chi connectivity index (χ3v) is 18.6. The smallest absolute Gasteiger partial charge is 0.305 e. The molecule has 0 aromatic heterocycles.